The van der Waals surface area contributed by atoms with E-state index in [1.165, 1.54) is 11.3 Å². The monoisotopic (exact) mass is 494 g/mol. The molecule has 1 aromatic rings. The molecule has 0 fully saturated rings. The molecule has 1 N–H and O–H groups in total. The van der Waals surface area contributed by atoms with Gasteiger partial charge in [-0.05, 0) is 11.4 Å². The van der Waals surface area contributed by atoms with Crippen LogP contribution in [0.3, 0.4) is 0 Å². The third kappa shape index (κ3) is 21.1. The first-order valence-electron chi connectivity index (χ1n) is 11.2. The van der Waals surface area contributed by atoms with Crippen LogP contribution in [-0.4, -0.2) is 117 Å². The van der Waals surface area contributed by atoms with Gasteiger partial charge in [-0.1, -0.05) is 6.07 Å². The number of aliphatic hydroxyl groups is 1. The topological polar surface area (TPSA) is 111 Å². The minimum atomic E-state index is -0.242. The van der Waals surface area contributed by atoms with Crippen molar-refractivity contribution in [2.75, 3.05) is 106 Å². The van der Waals surface area contributed by atoms with Crippen molar-refractivity contribution in [2.45, 2.75) is 6.42 Å². The van der Waals surface area contributed by atoms with Crippen molar-refractivity contribution in [3.63, 3.8) is 0 Å². The summed E-state index contributed by atoms with van der Waals surface area (Å²) in [5, 5.41) is 10.5. The Hall–Kier alpha value is -1.15. The van der Waals surface area contributed by atoms with Crippen LogP contribution in [0, 0.1) is 0 Å². The van der Waals surface area contributed by atoms with Crippen LogP contribution < -0.4 is 0 Å². The number of hydrogen-bond acceptors (Lipinski definition) is 11. The maximum atomic E-state index is 11.6. The van der Waals surface area contributed by atoms with Crippen LogP contribution in [0.5, 0.6) is 0 Å². The first-order valence-corrected chi connectivity index (χ1v) is 12.0. The van der Waals surface area contributed by atoms with Gasteiger partial charge in [0.2, 0.25) is 0 Å². The summed E-state index contributed by atoms with van der Waals surface area (Å²) in [6.07, 6.45) is 0.305. The highest BCUT2D eigenvalue weighted by molar-refractivity contribution is 7.10. The highest BCUT2D eigenvalue weighted by Crippen LogP contribution is 2.09. The van der Waals surface area contributed by atoms with Crippen molar-refractivity contribution in [2.24, 2.45) is 0 Å². The molecule has 1 aromatic heterocycles. The van der Waals surface area contributed by atoms with Gasteiger partial charge in [-0.15, -0.1) is 11.3 Å². The largest absolute Gasteiger partial charge is 0.463 e. The van der Waals surface area contributed by atoms with Gasteiger partial charge in [0.15, 0.2) is 0 Å². The molecule has 0 aromatic carbocycles. The lowest BCUT2D eigenvalue weighted by atomic mass is 10.3. The number of aliphatic hydroxyl groups excluding tert-OH is 1. The standard InChI is InChI=1S/C22H38O10S/c23-3-4-25-5-6-26-7-8-27-9-10-28-11-12-29-13-14-30-15-16-31-17-18-32-22(24)20-21-2-1-19-33-21/h1-2,19,23H,3-18,20H2. The van der Waals surface area contributed by atoms with Crippen LogP contribution in [0.15, 0.2) is 17.5 Å². The van der Waals surface area contributed by atoms with E-state index in [-0.39, 0.29) is 19.2 Å². The molecule has 0 aliphatic heterocycles. The number of hydrogen-bond donors (Lipinski definition) is 1. The van der Waals surface area contributed by atoms with E-state index in [0.717, 1.165) is 4.88 Å². The molecular weight excluding hydrogens is 456 g/mol. The number of carbonyl (C=O) groups excluding carboxylic acids is 1. The lowest BCUT2D eigenvalue weighted by molar-refractivity contribution is -0.144. The Kier molecular flexibility index (Phi) is 21.7. The van der Waals surface area contributed by atoms with E-state index in [1.54, 1.807) is 0 Å². The van der Waals surface area contributed by atoms with Crippen molar-refractivity contribution in [1.82, 2.24) is 0 Å². The highest BCUT2D eigenvalue weighted by atomic mass is 32.1. The van der Waals surface area contributed by atoms with E-state index in [1.807, 2.05) is 17.5 Å². The van der Waals surface area contributed by atoms with E-state index >= 15 is 0 Å². The first kappa shape index (κ1) is 29.9. The van der Waals surface area contributed by atoms with Crippen LogP contribution >= 0.6 is 11.3 Å². The fourth-order valence-electron chi connectivity index (χ4n) is 2.31. The Morgan fingerprint density at radius 1 is 0.636 bits per heavy atom. The van der Waals surface area contributed by atoms with Gasteiger partial charge in [-0.25, -0.2) is 0 Å². The molecule has 0 atom stereocenters. The second-order valence-corrected chi connectivity index (χ2v) is 7.52. The van der Waals surface area contributed by atoms with E-state index in [4.69, 9.17) is 43.0 Å². The van der Waals surface area contributed by atoms with Crippen LogP contribution in [-0.2, 0) is 49.1 Å². The zero-order valence-corrected chi connectivity index (χ0v) is 20.1. The van der Waals surface area contributed by atoms with Crippen molar-refractivity contribution in [3.05, 3.63) is 22.4 Å². The Balaban J connectivity index is 1.66. The molecule has 1 rings (SSSR count). The number of carbonyl (C=O) groups is 1. The molecular formula is C22H38O10S. The van der Waals surface area contributed by atoms with E-state index in [2.05, 4.69) is 0 Å². The minimum absolute atomic E-state index is 0.0247. The van der Waals surface area contributed by atoms with Gasteiger partial charge in [-0.3, -0.25) is 4.79 Å². The molecule has 1 heterocycles. The molecule has 0 amide bonds. The fourth-order valence-corrected chi connectivity index (χ4v) is 3.00. The maximum absolute atomic E-state index is 11.6. The van der Waals surface area contributed by atoms with Gasteiger partial charge in [0.1, 0.15) is 6.61 Å². The molecule has 0 saturated carbocycles. The third-order valence-corrected chi connectivity index (χ3v) is 4.73. The van der Waals surface area contributed by atoms with Crippen LogP contribution in [0.25, 0.3) is 0 Å². The average molecular weight is 495 g/mol. The smallest absolute Gasteiger partial charge is 0.311 e. The van der Waals surface area contributed by atoms with Gasteiger partial charge in [0.25, 0.3) is 0 Å². The lowest BCUT2D eigenvalue weighted by Crippen LogP contribution is -2.15. The Morgan fingerprint density at radius 3 is 1.39 bits per heavy atom. The van der Waals surface area contributed by atoms with Gasteiger partial charge in [0.05, 0.1) is 106 Å². The maximum Gasteiger partial charge on any atom is 0.311 e. The van der Waals surface area contributed by atoms with Crippen molar-refractivity contribution in [1.29, 1.82) is 0 Å². The molecule has 192 valence electrons. The number of esters is 1. The summed E-state index contributed by atoms with van der Waals surface area (Å²) in [7, 11) is 0. The van der Waals surface area contributed by atoms with E-state index in [9.17, 15) is 4.79 Å². The first-order chi connectivity index (χ1) is 16.3. The summed E-state index contributed by atoms with van der Waals surface area (Å²) in [5.41, 5.74) is 0. The quantitative estimate of drug-likeness (QED) is 0.156. The second-order valence-electron chi connectivity index (χ2n) is 6.49. The molecule has 0 bridgehead atoms. The number of thiophene rings is 1. The van der Waals surface area contributed by atoms with Gasteiger partial charge in [0, 0.05) is 4.88 Å². The van der Waals surface area contributed by atoms with Gasteiger partial charge < -0.3 is 43.0 Å². The van der Waals surface area contributed by atoms with Crippen molar-refractivity contribution < 1.29 is 47.8 Å². The van der Waals surface area contributed by atoms with E-state index in [0.29, 0.717) is 98.9 Å². The molecule has 11 heteroatoms. The Bertz CT molecular complexity index is 529. The molecule has 0 aliphatic rings. The summed E-state index contributed by atoms with van der Waals surface area (Å²) in [4.78, 5) is 12.6. The predicted molar refractivity (Wildman–Crippen MR) is 122 cm³/mol. The normalized spacial score (nSPS) is 11.2. The van der Waals surface area contributed by atoms with Crippen LogP contribution in [0.1, 0.15) is 4.88 Å². The molecule has 0 spiro atoms. The summed E-state index contributed by atoms with van der Waals surface area (Å²) in [6.45, 7) is 6.77. The third-order valence-electron chi connectivity index (χ3n) is 3.86. The van der Waals surface area contributed by atoms with Crippen molar-refractivity contribution >= 4 is 17.3 Å². The molecule has 0 aliphatic carbocycles. The molecule has 10 nitrogen and oxygen atoms in total. The molecule has 33 heavy (non-hydrogen) atoms. The summed E-state index contributed by atoms with van der Waals surface area (Å²) in [5.74, 6) is -0.242. The van der Waals surface area contributed by atoms with Crippen molar-refractivity contribution in [3.8, 4) is 0 Å². The van der Waals surface area contributed by atoms with E-state index < -0.39 is 0 Å². The van der Waals surface area contributed by atoms with Gasteiger partial charge in [-0.2, -0.15) is 0 Å². The van der Waals surface area contributed by atoms with Crippen LogP contribution in [0.4, 0.5) is 0 Å². The summed E-state index contributed by atoms with van der Waals surface area (Å²) in [6, 6.07) is 3.82. The summed E-state index contributed by atoms with van der Waals surface area (Å²) < 4.78 is 42.4. The molecule has 0 radical (unpaired) electrons. The Labute approximate surface area is 200 Å². The minimum Gasteiger partial charge on any atom is -0.463 e. The fraction of sp³-hybridized carbons (Fsp3) is 0.773. The zero-order chi connectivity index (χ0) is 23.7. The highest BCUT2D eigenvalue weighted by Gasteiger charge is 2.05. The number of rotatable bonds is 25. The average Bonchev–Trinajstić information content (AvgIpc) is 3.32. The van der Waals surface area contributed by atoms with Gasteiger partial charge >= 0.3 is 5.97 Å². The van der Waals surface area contributed by atoms with Crippen LogP contribution in [0.2, 0.25) is 0 Å². The molecule has 0 unspecified atom stereocenters. The predicted octanol–water partition coefficient (Wildman–Crippen LogP) is 0.942. The SMILES string of the molecule is O=C(Cc1cccs1)OCCOCCOCCOCCOCCOCCOCCOCCO. The molecule has 0 saturated heterocycles. The Morgan fingerprint density at radius 2 is 1.03 bits per heavy atom. The zero-order valence-electron chi connectivity index (χ0n) is 19.3. The summed E-state index contributed by atoms with van der Waals surface area (Å²) >= 11 is 1.54. The lowest BCUT2D eigenvalue weighted by Gasteiger charge is -2.08. The second kappa shape index (κ2) is 24.0. The number of ether oxygens (including phenoxy) is 8.